The molecule has 0 unspecified atom stereocenters. The van der Waals surface area contributed by atoms with E-state index in [1.807, 2.05) is 36.4 Å². The number of aromatic amines is 1. The van der Waals surface area contributed by atoms with Gasteiger partial charge in [-0.15, -0.1) is 16.4 Å². The number of carbonyl (C=O) groups excluding carboxylic acids is 3. The Bertz CT molecular complexity index is 1170. The molecule has 3 aromatic rings. The molecule has 2 amide bonds. The number of H-pyrrole nitrogens is 1. The van der Waals surface area contributed by atoms with Gasteiger partial charge in [0.2, 0.25) is 11.1 Å². The Labute approximate surface area is 199 Å². The quantitative estimate of drug-likeness (QED) is 0.312. The number of thioether (sulfide) groups is 1. The van der Waals surface area contributed by atoms with Crippen LogP contribution in [0.1, 0.15) is 43.9 Å². The molecular weight excluding hydrogens is 462 g/mol. The number of carbonyl (C=O) groups is 3. The molecule has 9 nitrogen and oxygen atoms in total. The maximum Gasteiger partial charge on any atom is 0.341 e. The van der Waals surface area contributed by atoms with Crippen molar-refractivity contribution >= 4 is 58.0 Å². The van der Waals surface area contributed by atoms with Crippen LogP contribution in [-0.4, -0.2) is 52.4 Å². The largest absolute Gasteiger partial charge is 0.462 e. The molecule has 1 aromatic carbocycles. The van der Waals surface area contributed by atoms with Crippen molar-refractivity contribution in [2.75, 3.05) is 24.7 Å². The first kappa shape index (κ1) is 24.2. The number of aromatic nitrogens is 3. The molecule has 0 radical (unpaired) electrons. The summed E-state index contributed by atoms with van der Waals surface area (Å²) in [4.78, 5) is 41.7. The Morgan fingerprint density at radius 2 is 1.97 bits per heavy atom. The molecule has 11 heteroatoms. The fourth-order valence-corrected chi connectivity index (χ4v) is 4.57. The number of nitrogens with one attached hydrogen (secondary N) is 3. The first-order valence-electron chi connectivity index (χ1n) is 10.0. The Morgan fingerprint density at radius 1 is 1.21 bits per heavy atom. The predicted octanol–water partition coefficient (Wildman–Crippen LogP) is 3.61. The van der Waals surface area contributed by atoms with E-state index in [1.165, 1.54) is 7.05 Å². The molecule has 2 aromatic heterocycles. The summed E-state index contributed by atoms with van der Waals surface area (Å²) in [5.41, 5.74) is 1.68. The fourth-order valence-electron chi connectivity index (χ4n) is 2.81. The van der Waals surface area contributed by atoms with E-state index in [0.717, 1.165) is 28.7 Å². The Kier molecular flexibility index (Phi) is 8.39. The van der Waals surface area contributed by atoms with Crippen molar-refractivity contribution in [3.05, 3.63) is 57.7 Å². The van der Waals surface area contributed by atoms with Crippen LogP contribution in [0.15, 0.2) is 35.5 Å². The molecule has 0 saturated heterocycles. The lowest BCUT2D eigenvalue weighted by molar-refractivity contribution is -0.113. The molecule has 33 heavy (non-hydrogen) atoms. The highest BCUT2D eigenvalue weighted by atomic mass is 32.2. The molecule has 3 rings (SSSR count). The van der Waals surface area contributed by atoms with E-state index in [0.29, 0.717) is 21.4 Å². The van der Waals surface area contributed by atoms with Gasteiger partial charge in [-0.3, -0.25) is 14.7 Å². The van der Waals surface area contributed by atoms with Gasteiger partial charge in [0, 0.05) is 7.05 Å². The van der Waals surface area contributed by atoms with Gasteiger partial charge in [0.15, 0.2) is 0 Å². The topological polar surface area (TPSA) is 126 Å². The van der Waals surface area contributed by atoms with Gasteiger partial charge in [-0.2, -0.15) is 0 Å². The number of nitrogens with zero attached hydrogens (tertiary/aromatic N) is 2. The van der Waals surface area contributed by atoms with Crippen molar-refractivity contribution in [1.29, 1.82) is 0 Å². The highest BCUT2D eigenvalue weighted by Gasteiger charge is 2.26. The molecule has 0 aliphatic carbocycles. The van der Waals surface area contributed by atoms with Crippen LogP contribution in [0.3, 0.4) is 0 Å². The second-order valence-corrected chi connectivity index (χ2v) is 8.61. The van der Waals surface area contributed by atoms with Crippen LogP contribution in [0.2, 0.25) is 0 Å². The SMILES string of the molecule is CCOC(=O)c1c(NC(=O)CSc2n[nH]c(/C=C/c3ccccc3)n2)sc(C(=O)NC)c1C. The molecule has 0 bridgehead atoms. The molecule has 0 aliphatic heterocycles. The van der Waals surface area contributed by atoms with E-state index >= 15 is 0 Å². The monoisotopic (exact) mass is 485 g/mol. The summed E-state index contributed by atoms with van der Waals surface area (Å²) in [6.45, 7) is 3.52. The lowest BCUT2D eigenvalue weighted by Crippen LogP contribution is -2.18. The molecule has 0 aliphatic rings. The van der Waals surface area contributed by atoms with Crippen LogP contribution in [0.5, 0.6) is 0 Å². The van der Waals surface area contributed by atoms with Crippen LogP contribution in [0, 0.1) is 6.92 Å². The lowest BCUT2D eigenvalue weighted by atomic mass is 10.1. The Hall–Kier alpha value is -3.44. The van der Waals surface area contributed by atoms with Crippen molar-refractivity contribution in [1.82, 2.24) is 20.5 Å². The second-order valence-electron chi connectivity index (χ2n) is 6.64. The van der Waals surface area contributed by atoms with Crippen molar-refractivity contribution in [3.63, 3.8) is 0 Å². The number of hydrogen-bond donors (Lipinski definition) is 3. The summed E-state index contributed by atoms with van der Waals surface area (Å²) in [5, 5.41) is 12.8. The van der Waals surface area contributed by atoms with E-state index in [2.05, 4.69) is 25.8 Å². The average Bonchev–Trinajstić information content (AvgIpc) is 3.40. The second kappa shape index (κ2) is 11.4. The third kappa shape index (κ3) is 6.30. The molecule has 0 atom stereocenters. The third-order valence-corrected chi connectivity index (χ3v) is 6.41. The van der Waals surface area contributed by atoms with Gasteiger partial charge in [0.1, 0.15) is 10.8 Å². The zero-order chi connectivity index (χ0) is 23.8. The summed E-state index contributed by atoms with van der Waals surface area (Å²) in [7, 11) is 1.50. The molecular formula is C22H23N5O4S2. The summed E-state index contributed by atoms with van der Waals surface area (Å²) in [6.07, 6.45) is 3.70. The number of hydrogen-bond acceptors (Lipinski definition) is 8. The van der Waals surface area contributed by atoms with E-state index in [4.69, 9.17) is 4.74 Å². The Balaban J connectivity index is 1.65. The first-order valence-corrected chi connectivity index (χ1v) is 11.8. The van der Waals surface area contributed by atoms with Crippen LogP contribution in [0.4, 0.5) is 5.00 Å². The Morgan fingerprint density at radius 3 is 2.67 bits per heavy atom. The highest BCUT2D eigenvalue weighted by Crippen LogP contribution is 2.34. The molecule has 0 fully saturated rings. The fraction of sp³-hybridized carbons (Fsp3) is 0.227. The highest BCUT2D eigenvalue weighted by molar-refractivity contribution is 7.99. The summed E-state index contributed by atoms with van der Waals surface area (Å²) in [5.74, 6) is -0.700. The van der Waals surface area contributed by atoms with Gasteiger partial charge in [-0.1, -0.05) is 48.2 Å². The van der Waals surface area contributed by atoms with Crippen molar-refractivity contribution in [3.8, 4) is 0 Å². The van der Waals surface area contributed by atoms with Crippen molar-refractivity contribution in [2.45, 2.75) is 19.0 Å². The molecule has 172 valence electrons. The number of esters is 1. The minimum absolute atomic E-state index is 0.0220. The van der Waals surface area contributed by atoms with E-state index in [-0.39, 0.29) is 34.7 Å². The predicted molar refractivity (Wildman–Crippen MR) is 130 cm³/mol. The van der Waals surface area contributed by atoms with Crippen LogP contribution in [-0.2, 0) is 9.53 Å². The maximum absolute atomic E-state index is 12.5. The average molecular weight is 486 g/mol. The van der Waals surface area contributed by atoms with Gasteiger partial charge in [0.05, 0.1) is 22.8 Å². The number of thiophene rings is 1. The molecule has 0 spiro atoms. The van der Waals surface area contributed by atoms with Crippen molar-refractivity contribution < 1.29 is 19.1 Å². The van der Waals surface area contributed by atoms with Crippen LogP contribution in [0.25, 0.3) is 12.2 Å². The van der Waals surface area contributed by atoms with Gasteiger partial charge in [0.25, 0.3) is 5.91 Å². The van der Waals surface area contributed by atoms with Gasteiger partial charge in [-0.05, 0) is 31.1 Å². The minimum atomic E-state index is -0.590. The molecule has 0 saturated carbocycles. The number of ether oxygens (including phenoxy) is 1. The normalized spacial score (nSPS) is 10.9. The number of benzene rings is 1. The minimum Gasteiger partial charge on any atom is -0.462 e. The van der Waals surface area contributed by atoms with Crippen LogP contribution < -0.4 is 10.6 Å². The smallest absolute Gasteiger partial charge is 0.341 e. The van der Waals surface area contributed by atoms with E-state index in [9.17, 15) is 14.4 Å². The summed E-state index contributed by atoms with van der Waals surface area (Å²) < 4.78 is 5.09. The van der Waals surface area contributed by atoms with E-state index < -0.39 is 5.97 Å². The van der Waals surface area contributed by atoms with Gasteiger partial charge < -0.3 is 15.4 Å². The number of amides is 2. The number of rotatable bonds is 9. The summed E-state index contributed by atoms with van der Waals surface area (Å²) in [6, 6.07) is 9.77. The molecule has 2 heterocycles. The van der Waals surface area contributed by atoms with Crippen LogP contribution >= 0.6 is 23.1 Å². The standard InChI is InChI=1S/C22H23N5O4S2/c1-4-31-21(30)17-13(2)18(19(29)23-3)33-20(17)25-16(28)12-32-22-24-15(26-27-22)11-10-14-8-6-5-7-9-14/h5-11H,4,12H2,1-3H3,(H,23,29)(H,25,28)(H,24,26,27)/b11-10+. The zero-order valence-corrected chi connectivity index (χ0v) is 19.9. The lowest BCUT2D eigenvalue weighted by Gasteiger charge is -2.06. The maximum atomic E-state index is 12.5. The number of anilines is 1. The van der Waals surface area contributed by atoms with E-state index in [1.54, 1.807) is 19.9 Å². The first-order chi connectivity index (χ1) is 15.9. The molecule has 3 N–H and O–H groups in total. The summed E-state index contributed by atoms with van der Waals surface area (Å²) >= 11 is 2.18. The van der Waals surface area contributed by atoms with Gasteiger partial charge >= 0.3 is 5.97 Å². The third-order valence-electron chi connectivity index (χ3n) is 4.36. The van der Waals surface area contributed by atoms with Gasteiger partial charge in [-0.25, -0.2) is 9.78 Å². The van der Waals surface area contributed by atoms with Crippen molar-refractivity contribution in [2.24, 2.45) is 0 Å². The zero-order valence-electron chi connectivity index (χ0n) is 18.3.